The van der Waals surface area contributed by atoms with E-state index in [1.165, 1.54) is 5.56 Å². The fourth-order valence-corrected chi connectivity index (χ4v) is 3.85. The summed E-state index contributed by atoms with van der Waals surface area (Å²) < 4.78 is 5.93. The standard InChI is InChI=1S/C27H34N2O3/c1-20-10-12-24(23(18-20)27(2,3)4)32-19-26(31)29-16-14-22(15-17-29)28-25(30)13-11-21-8-6-5-7-9-21/h5-13,18,22H,14-17,19H2,1-4H3,(H,28,30)/b13-11+. The molecule has 1 fully saturated rings. The van der Waals surface area contributed by atoms with E-state index in [-0.39, 0.29) is 29.9 Å². The lowest BCUT2D eigenvalue weighted by Crippen LogP contribution is -2.47. The molecule has 0 radical (unpaired) electrons. The molecule has 2 aromatic rings. The third-order valence-corrected chi connectivity index (χ3v) is 5.72. The Morgan fingerprint density at radius 3 is 2.44 bits per heavy atom. The van der Waals surface area contributed by atoms with Crippen LogP contribution in [0, 0.1) is 6.92 Å². The van der Waals surface area contributed by atoms with Crippen molar-refractivity contribution < 1.29 is 14.3 Å². The molecule has 2 amide bonds. The first-order chi connectivity index (χ1) is 15.2. The summed E-state index contributed by atoms with van der Waals surface area (Å²) in [6, 6.07) is 15.9. The second-order valence-corrected chi connectivity index (χ2v) is 9.45. The lowest BCUT2D eigenvalue weighted by Gasteiger charge is -2.32. The Morgan fingerprint density at radius 1 is 1.09 bits per heavy atom. The molecule has 170 valence electrons. The fourth-order valence-electron chi connectivity index (χ4n) is 3.85. The van der Waals surface area contributed by atoms with Gasteiger partial charge in [-0.15, -0.1) is 0 Å². The Labute approximate surface area is 191 Å². The predicted molar refractivity (Wildman–Crippen MR) is 129 cm³/mol. The number of aryl methyl sites for hydroxylation is 1. The van der Waals surface area contributed by atoms with Gasteiger partial charge in [0.15, 0.2) is 6.61 Å². The van der Waals surface area contributed by atoms with Gasteiger partial charge in [0.05, 0.1) is 0 Å². The smallest absolute Gasteiger partial charge is 0.260 e. The summed E-state index contributed by atoms with van der Waals surface area (Å²) in [5.74, 6) is 0.652. The topological polar surface area (TPSA) is 58.6 Å². The summed E-state index contributed by atoms with van der Waals surface area (Å²) in [6.07, 6.45) is 4.86. The first-order valence-electron chi connectivity index (χ1n) is 11.3. The molecular formula is C27H34N2O3. The highest BCUT2D eigenvalue weighted by Crippen LogP contribution is 2.32. The summed E-state index contributed by atoms with van der Waals surface area (Å²) in [5.41, 5.74) is 3.22. The van der Waals surface area contributed by atoms with E-state index in [9.17, 15) is 9.59 Å². The minimum Gasteiger partial charge on any atom is -0.483 e. The van der Waals surface area contributed by atoms with Gasteiger partial charge in [-0.25, -0.2) is 0 Å². The zero-order valence-corrected chi connectivity index (χ0v) is 19.6. The van der Waals surface area contributed by atoms with Crippen molar-refractivity contribution in [2.75, 3.05) is 19.7 Å². The number of benzene rings is 2. The van der Waals surface area contributed by atoms with Crippen molar-refractivity contribution in [2.24, 2.45) is 0 Å². The van der Waals surface area contributed by atoms with Crippen LogP contribution >= 0.6 is 0 Å². The zero-order valence-electron chi connectivity index (χ0n) is 19.6. The third kappa shape index (κ3) is 6.71. The number of carbonyl (C=O) groups is 2. The molecule has 1 saturated heterocycles. The van der Waals surface area contributed by atoms with Crippen molar-refractivity contribution in [3.05, 3.63) is 71.3 Å². The molecule has 1 heterocycles. The number of hydrogen-bond donors (Lipinski definition) is 1. The lowest BCUT2D eigenvalue weighted by molar-refractivity contribution is -0.134. The normalized spacial score (nSPS) is 15.1. The summed E-state index contributed by atoms with van der Waals surface area (Å²) >= 11 is 0. The van der Waals surface area contributed by atoms with Gasteiger partial charge in [-0.05, 0) is 48.4 Å². The van der Waals surface area contributed by atoms with Crippen LogP contribution in [-0.4, -0.2) is 42.5 Å². The van der Waals surface area contributed by atoms with Gasteiger partial charge in [-0.3, -0.25) is 9.59 Å². The summed E-state index contributed by atoms with van der Waals surface area (Å²) in [5, 5.41) is 3.04. The van der Waals surface area contributed by atoms with Crippen molar-refractivity contribution in [1.29, 1.82) is 0 Å². The number of rotatable bonds is 6. The molecular weight excluding hydrogens is 400 g/mol. The van der Waals surface area contributed by atoms with Gasteiger partial charge in [-0.1, -0.05) is 68.8 Å². The molecule has 3 rings (SSSR count). The largest absolute Gasteiger partial charge is 0.483 e. The van der Waals surface area contributed by atoms with Crippen molar-refractivity contribution in [2.45, 2.75) is 52.0 Å². The minimum absolute atomic E-state index is 0.0146. The van der Waals surface area contributed by atoms with E-state index >= 15 is 0 Å². The van der Waals surface area contributed by atoms with E-state index in [2.05, 4.69) is 39.1 Å². The molecule has 1 aliphatic heterocycles. The maximum Gasteiger partial charge on any atom is 0.260 e. The highest BCUT2D eigenvalue weighted by atomic mass is 16.5. The van der Waals surface area contributed by atoms with Gasteiger partial charge < -0.3 is 15.0 Å². The van der Waals surface area contributed by atoms with E-state index in [4.69, 9.17) is 4.74 Å². The summed E-state index contributed by atoms with van der Waals surface area (Å²) in [6.45, 7) is 9.76. The average molecular weight is 435 g/mol. The van der Waals surface area contributed by atoms with Gasteiger partial charge in [-0.2, -0.15) is 0 Å². The molecule has 1 N–H and O–H groups in total. The minimum atomic E-state index is -0.101. The van der Waals surface area contributed by atoms with E-state index < -0.39 is 0 Å². The summed E-state index contributed by atoms with van der Waals surface area (Å²) in [7, 11) is 0. The molecule has 5 nitrogen and oxygen atoms in total. The van der Waals surface area contributed by atoms with E-state index in [1.807, 2.05) is 53.4 Å². The highest BCUT2D eigenvalue weighted by Gasteiger charge is 2.25. The van der Waals surface area contributed by atoms with Crippen LogP contribution in [0.3, 0.4) is 0 Å². The maximum atomic E-state index is 12.7. The first-order valence-corrected chi connectivity index (χ1v) is 11.3. The van der Waals surface area contributed by atoms with Crippen LogP contribution in [0.2, 0.25) is 0 Å². The number of likely N-dealkylation sites (tertiary alicyclic amines) is 1. The monoisotopic (exact) mass is 434 g/mol. The average Bonchev–Trinajstić information content (AvgIpc) is 2.77. The molecule has 0 aliphatic carbocycles. The van der Waals surface area contributed by atoms with Crippen LogP contribution in [0.4, 0.5) is 0 Å². The molecule has 0 spiro atoms. The maximum absolute atomic E-state index is 12.7. The van der Waals surface area contributed by atoms with Crippen molar-refractivity contribution in [3.8, 4) is 5.75 Å². The van der Waals surface area contributed by atoms with E-state index in [1.54, 1.807) is 6.08 Å². The second kappa shape index (κ2) is 10.5. The zero-order chi connectivity index (χ0) is 23.1. The SMILES string of the molecule is Cc1ccc(OCC(=O)N2CCC(NC(=O)/C=C/c3ccccc3)CC2)c(C(C)(C)C)c1. The Balaban J connectivity index is 1.46. The molecule has 0 atom stereocenters. The molecule has 5 heteroatoms. The number of nitrogens with one attached hydrogen (secondary N) is 1. The van der Waals surface area contributed by atoms with Crippen LogP contribution in [0.5, 0.6) is 5.75 Å². The number of piperidine rings is 1. The second-order valence-electron chi connectivity index (χ2n) is 9.45. The quantitative estimate of drug-likeness (QED) is 0.682. The van der Waals surface area contributed by atoms with Crippen LogP contribution < -0.4 is 10.1 Å². The molecule has 0 aromatic heterocycles. The van der Waals surface area contributed by atoms with Gasteiger partial charge in [0.25, 0.3) is 5.91 Å². The van der Waals surface area contributed by atoms with E-state index in [0.717, 1.165) is 29.7 Å². The Bertz CT molecular complexity index is 953. The van der Waals surface area contributed by atoms with Crippen molar-refractivity contribution >= 4 is 17.9 Å². The predicted octanol–water partition coefficient (Wildman–Crippen LogP) is 4.49. The van der Waals surface area contributed by atoms with Crippen molar-refractivity contribution in [1.82, 2.24) is 10.2 Å². The third-order valence-electron chi connectivity index (χ3n) is 5.72. The number of carbonyl (C=O) groups excluding carboxylic acids is 2. The molecule has 2 aromatic carbocycles. The number of ether oxygens (including phenoxy) is 1. The van der Waals surface area contributed by atoms with E-state index in [0.29, 0.717) is 13.1 Å². The van der Waals surface area contributed by atoms with Crippen LogP contribution in [-0.2, 0) is 15.0 Å². The molecule has 32 heavy (non-hydrogen) atoms. The lowest BCUT2D eigenvalue weighted by atomic mass is 9.85. The molecule has 1 aliphatic rings. The van der Waals surface area contributed by atoms with Gasteiger partial charge >= 0.3 is 0 Å². The highest BCUT2D eigenvalue weighted by molar-refractivity contribution is 5.91. The fraction of sp³-hybridized carbons (Fsp3) is 0.407. The Morgan fingerprint density at radius 2 is 1.78 bits per heavy atom. The Kier molecular flexibility index (Phi) is 7.73. The molecule has 0 unspecified atom stereocenters. The van der Waals surface area contributed by atoms with Gasteiger partial charge in [0.1, 0.15) is 5.75 Å². The van der Waals surface area contributed by atoms with Crippen LogP contribution in [0.15, 0.2) is 54.6 Å². The van der Waals surface area contributed by atoms with Gasteiger partial charge in [0.2, 0.25) is 5.91 Å². The van der Waals surface area contributed by atoms with Gasteiger partial charge in [0, 0.05) is 25.2 Å². The first kappa shape index (κ1) is 23.6. The molecule has 0 saturated carbocycles. The Hall–Kier alpha value is -3.08. The van der Waals surface area contributed by atoms with Crippen molar-refractivity contribution in [3.63, 3.8) is 0 Å². The van der Waals surface area contributed by atoms with Crippen LogP contribution in [0.25, 0.3) is 6.08 Å². The van der Waals surface area contributed by atoms with Crippen LogP contribution in [0.1, 0.15) is 50.3 Å². The summed E-state index contributed by atoms with van der Waals surface area (Å²) in [4.78, 5) is 26.7. The molecule has 0 bridgehead atoms. The number of amides is 2. The number of nitrogens with zero attached hydrogens (tertiary/aromatic N) is 1. The number of hydrogen-bond acceptors (Lipinski definition) is 3.